The fraction of sp³-hybridized carbons (Fsp3) is 0.545. The number of esters is 2. The average Bonchev–Trinajstić information content (AvgIpc) is 3.16. The molecule has 0 bridgehead atoms. The SMILES string of the molecule is CCOC(=O)c1[nH]c(CNCCNCc2[nH]c(C(=O)OCC)c(C)c2C)c(C)c1C. The summed E-state index contributed by atoms with van der Waals surface area (Å²) in [6, 6.07) is 0. The van der Waals surface area contributed by atoms with Crippen LogP contribution in [0, 0.1) is 27.7 Å². The molecule has 0 amide bonds. The van der Waals surface area contributed by atoms with E-state index in [9.17, 15) is 9.59 Å². The number of ether oxygens (including phenoxy) is 2. The van der Waals surface area contributed by atoms with Gasteiger partial charge in [0, 0.05) is 37.6 Å². The lowest BCUT2D eigenvalue weighted by Gasteiger charge is -2.07. The van der Waals surface area contributed by atoms with E-state index in [0.29, 0.717) is 37.7 Å². The molecule has 0 radical (unpaired) electrons. The summed E-state index contributed by atoms with van der Waals surface area (Å²) in [5, 5.41) is 6.75. The molecule has 0 aliphatic rings. The molecule has 30 heavy (non-hydrogen) atoms. The van der Waals surface area contributed by atoms with Gasteiger partial charge in [0.25, 0.3) is 0 Å². The van der Waals surface area contributed by atoms with Crippen LogP contribution in [0.15, 0.2) is 0 Å². The van der Waals surface area contributed by atoms with Gasteiger partial charge in [-0.3, -0.25) is 0 Å². The molecule has 0 fully saturated rings. The minimum Gasteiger partial charge on any atom is -0.461 e. The lowest BCUT2D eigenvalue weighted by Crippen LogP contribution is -2.27. The Bertz CT molecular complexity index is 810. The van der Waals surface area contributed by atoms with Gasteiger partial charge < -0.3 is 30.1 Å². The molecule has 2 rings (SSSR count). The predicted molar refractivity (Wildman–Crippen MR) is 116 cm³/mol. The number of hydrogen-bond donors (Lipinski definition) is 4. The zero-order valence-corrected chi connectivity index (χ0v) is 18.9. The third-order valence-electron chi connectivity index (χ3n) is 5.37. The van der Waals surface area contributed by atoms with Gasteiger partial charge in [0.05, 0.1) is 13.2 Å². The predicted octanol–water partition coefficient (Wildman–Crippen LogP) is 2.81. The van der Waals surface area contributed by atoms with Gasteiger partial charge in [0.2, 0.25) is 0 Å². The molecule has 8 heteroatoms. The first-order valence-electron chi connectivity index (χ1n) is 10.4. The van der Waals surface area contributed by atoms with Crippen molar-refractivity contribution in [1.82, 2.24) is 20.6 Å². The van der Waals surface area contributed by atoms with E-state index in [2.05, 4.69) is 20.6 Å². The highest BCUT2D eigenvalue weighted by Crippen LogP contribution is 2.19. The maximum Gasteiger partial charge on any atom is 0.355 e. The summed E-state index contributed by atoms with van der Waals surface area (Å²) >= 11 is 0. The van der Waals surface area contributed by atoms with Crippen LogP contribution in [0.2, 0.25) is 0 Å². The maximum absolute atomic E-state index is 12.0. The van der Waals surface area contributed by atoms with Gasteiger partial charge in [-0.2, -0.15) is 0 Å². The third-order valence-corrected chi connectivity index (χ3v) is 5.37. The molecule has 2 aromatic heterocycles. The number of nitrogens with one attached hydrogen (secondary N) is 4. The van der Waals surface area contributed by atoms with Gasteiger partial charge in [-0.1, -0.05) is 0 Å². The van der Waals surface area contributed by atoms with Crippen molar-refractivity contribution in [2.75, 3.05) is 26.3 Å². The molecule has 2 aromatic rings. The normalized spacial score (nSPS) is 11.0. The zero-order chi connectivity index (χ0) is 22.3. The number of aromatic amines is 2. The van der Waals surface area contributed by atoms with Gasteiger partial charge in [-0.25, -0.2) is 9.59 Å². The third kappa shape index (κ3) is 5.52. The Balaban J connectivity index is 1.80. The van der Waals surface area contributed by atoms with Crippen LogP contribution in [0.4, 0.5) is 0 Å². The number of hydrogen-bond acceptors (Lipinski definition) is 6. The summed E-state index contributed by atoms with van der Waals surface area (Å²) in [5.41, 5.74) is 7.04. The van der Waals surface area contributed by atoms with Gasteiger partial charge in [-0.05, 0) is 63.8 Å². The highest BCUT2D eigenvalue weighted by atomic mass is 16.5. The monoisotopic (exact) mass is 418 g/mol. The Morgan fingerprint density at radius 1 is 0.700 bits per heavy atom. The molecular weight excluding hydrogens is 384 g/mol. The second-order valence-electron chi connectivity index (χ2n) is 7.25. The summed E-state index contributed by atoms with van der Waals surface area (Å²) < 4.78 is 10.2. The molecule has 8 nitrogen and oxygen atoms in total. The van der Waals surface area contributed by atoms with Crippen LogP contribution in [0.5, 0.6) is 0 Å². The van der Waals surface area contributed by atoms with Crippen molar-refractivity contribution in [3.05, 3.63) is 45.0 Å². The molecule has 0 unspecified atom stereocenters. The molecule has 0 spiro atoms. The van der Waals surface area contributed by atoms with Gasteiger partial charge in [0.1, 0.15) is 11.4 Å². The first kappa shape index (κ1) is 23.7. The van der Waals surface area contributed by atoms with Crippen LogP contribution in [-0.4, -0.2) is 48.2 Å². The number of carbonyl (C=O) groups is 2. The van der Waals surface area contributed by atoms with Crippen LogP contribution in [0.1, 0.15) is 68.5 Å². The minimum atomic E-state index is -0.315. The van der Waals surface area contributed by atoms with E-state index < -0.39 is 0 Å². The van der Waals surface area contributed by atoms with Gasteiger partial charge in [-0.15, -0.1) is 0 Å². The lowest BCUT2D eigenvalue weighted by atomic mass is 10.1. The van der Waals surface area contributed by atoms with Crippen molar-refractivity contribution in [3.8, 4) is 0 Å². The molecule has 2 heterocycles. The van der Waals surface area contributed by atoms with Gasteiger partial charge in [0.15, 0.2) is 0 Å². The Kier molecular flexibility index (Phi) is 8.68. The molecule has 0 aliphatic carbocycles. The molecule has 4 N–H and O–H groups in total. The van der Waals surface area contributed by atoms with E-state index in [-0.39, 0.29) is 11.9 Å². The van der Waals surface area contributed by atoms with Crippen LogP contribution >= 0.6 is 0 Å². The van der Waals surface area contributed by atoms with Crippen LogP contribution < -0.4 is 10.6 Å². The summed E-state index contributed by atoms with van der Waals surface area (Å²) in [7, 11) is 0. The van der Waals surface area contributed by atoms with Crippen molar-refractivity contribution in [1.29, 1.82) is 0 Å². The Morgan fingerprint density at radius 2 is 1.07 bits per heavy atom. The standard InChI is InChI=1S/C22H34N4O4/c1-7-29-21(27)19-15(5)13(3)17(25-19)11-23-9-10-24-12-18-14(4)16(6)20(26-18)22(28)30-8-2/h23-26H,7-12H2,1-6H3. The quantitative estimate of drug-likeness (QED) is 0.330. The van der Waals surface area contributed by atoms with Crippen molar-refractivity contribution in [2.24, 2.45) is 0 Å². The molecule has 166 valence electrons. The van der Waals surface area contributed by atoms with E-state index in [1.165, 1.54) is 0 Å². The summed E-state index contributed by atoms with van der Waals surface area (Å²) in [6.07, 6.45) is 0. The minimum absolute atomic E-state index is 0.315. The average molecular weight is 419 g/mol. The number of rotatable bonds is 11. The van der Waals surface area contributed by atoms with Crippen molar-refractivity contribution in [2.45, 2.75) is 54.6 Å². The Hall–Kier alpha value is -2.58. The largest absolute Gasteiger partial charge is 0.461 e. The smallest absolute Gasteiger partial charge is 0.355 e. The maximum atomic E-state index is 12.0. The van der Waals surface area contributed by atoms with Crippen LogP contribution in [-0.2, 0) is 22.6 Å². The number of aromatic nitrogens is 2. The fourth-order valence-electron chi connectivity index (χ4n) is 3.28. The first-order chi connectivity index (χ1) is 14.3. The zero-order valence-electron chi connectivity index (χ0n) is 18.9. The molecule has 0 atom stereocenters. The highest BCUT2D eigenvalue weighted by Gasteiger charge is 2.18. The van der Waals surface area contributed by atoms with Crippen LogP contribution in [0.25, 0.3) is 0 Å². The van der Waals surface area contributed by atoms with E-state index in [1.807, 2.05) is 27.7 Å². The Labute approximate surface area is 178 Å². The molecule has 0 aliphatic heterocycles. The lowest BCUT2D eigenvalue weighted by molar-refractivity contribution is 0.0509. The summed E-state index contributed by atoms with van der Waals surface area (Å²) in [6.45, 7) is 15.0. The van der Waals surface area contributed by atoms with Gasteiger partial charge >= 0.3 is 11.9 Å². The topological polar surface area (TPSA) is 108 Å². The molecule has 0 saturated carbocycles. The second kappa shape index (κ2) is 11.0. The van der Waals surface area contributed by atoms with Crippen molar-refractivity contribution in [3.63, 3.8) is 0 Å². The van der Waals surface area contributed by atoms with E-state index in [0.717, 1.165) is 46.7 Å². The summed E-state index contributed by atoms with van der Waals surface area (Å²) in [4.78, 5) is 30.4. The van der Waals surface area contributed by atoms with Crippen LogP contribution in [0.3, 0.4) is 0 Å². The molecule has 0 aromatic carbocycles. The number of H-pyrrole nitrogens is 2. The molecule has 0 saturated heterocycles. The van der Waals surface area contributed by atoms with E-state index in [1.54, 1.807) is 13.8 Å². The van der Waals surface area contributed by atoms with E-state index >= 15 is 0 Å². The fourth-order valence-corrected chi connectivity index (χ4v) is 3.28. The number of carbonyl (C=O) groups excluding carboxylic acids is 2. The molecular formula is C22H34N4O4. The summed E-state index contributed by atoms with van der Waals surface area (Å²) in [5.74, 6) is -0.630. The Morgan fingerprint density at radius 3 is 1.40 bits per heavy atom. The van der Waals surface area contributed by atoms with Crippen molar-refractivity contribution < 1.29 is 19.1 Å². The highest BCUT2D eigenvalue weighted by molar-refractivity contribution is 5.90. The van der Waals surface area contributed by atoms with Crippen molar-refractivity contribution >= 4 is 11.9 Å². The second-order valence-corrected chi connectivity index (χ2v) is 7.25. The van der Waals surface area contributed by atoms with E-state index in [4.69, 9.17) is 9.47 Å². The first-order valence-corrected chi connectivity index (χ1v) is 10.4.